The van der Waals surface area contributed by atoms with Gasteiger partial charge >= 0.3 is 0 Å². The minimum atomic E-state index is -3.49. The molecule has 8 heteroatoms. The van der Waals surface area contributed by atoms with Crippen molar-refractivity contribution < 1.29 is 21.9 Å². The topological polar surface area (TPSA) is 59.5 Å². The average Bonchev–Trinajstić information content (AvgIpc) is 2.64. The monoisotopic (exact) mass is 410 g/mol. The number of halogens is 2. The van der Waals surface area contributed by atoms with Crippen LogP contribution in [0.4, 0.5) is 14.5 Å². The summed E-state index contributed by atoms with van der Waals surface area (Å²) in [5.74, 6) is -1.29. The fourth-order valence-electron chi connectivity index (χ4n) is 3.01. The Morgan fingerprint density at radius 2 is 1.79 bits per heavy atom. The van der Waals surface area contributed by atoms with Gasteiger partial charge in [0, 0.05) is 32.0 Å². The molecule has 0 amide bonds. The summed E-state index contributed by atoms with van der Waals surface area (Å²) in [5.41, 5.74) is 0.833. The van der Waals surface area contributed by atoms with Gasteiger partial charge in [-0.05, 0) is 45.0 Å². The molecular weight excluding hydrogens is 386 g/mol. The molecule has 3 rings (SSSR count). The van der Waals surface area contributed by atoms with Crippen molar-refractivity contribution in [2.24, 2.45) is 0 Å². The molecule has 1 aliphatic rings. The first kappa shape index (κ1) is 20.5. The lowest BCUT2D eigenvalue weighted by molar-refractivity contribution is 0.163. The van der Waals surface area contributed by atoms with Gasteiger partial charge in [-0.25, -0.2) is 22.2 Å². The van der Waals surface area contributed by atoms with Crippen molar-refractivity contribution in [1.82, 2.24) is 4.98 Å². The molecule has 0 atom stereocenters. The molecule has 28 heavy (non-hydrogen) atoms. The first-order chi connectivity index (χ1) is 13.1. The lowest BCUT2D eigenvalue weighted by Gasteiger charge is -2.33. The molecule has 1 aromatic heterocycles. The largest absolute Gasteiger partial charge is 0.487 e. The van der Waals surface area contributed by atoms with Crippen LogP contribution in [0, 0.1) is 11.6 Å². The van der Waals surface area contributed by atoms with Crippen molar-refractivity contribution in [2.45, 2.75) is 49.5 Å². The molecule has 1 aromatic carbocycles. The first-order valence-electron chi connectivity index (χ1n) is 9.15. The third-order valence-electron chi connectivity index (χ3n) is 4.80. The van der Waals surface area contributed by atoms with Crippen LogP contribution < -0.4 is 9.64 Å². The standard InChI is InChI=1S/C20H24F2N2O3S/c1-20(2,3)28(25,26)19-7-5-15(13-23-19)24-10-8-16(9-11-24)27-18-6-4-14(21)12-17(18)22/h4-7,12-13,16H,8-11H2,1-3H3. The average molecular weight is 410 g/mol. The number of hydrogen-bond acceptors (Lipinski definition) is 5. The van der Waals surface area contributed by atoms with Gasteiger partial charge in [-0.2, -0.15) is 0 Å². The third-order valence-corrected chi connectivity index (χ3v) is 7.20. The van der Waals surface area contributed by atoms with Crippen LogP contribution in [-0.2, 0) is 9.84 Å². The molecule has 5 nitrogen and oxygen atoms in total. The van der Waals surface area contributed by atoms with Crippen LogP contribution in [0.5, 0.6) is 5.75 Å². The van der Waals surface area contributed by atoms with E-state index in [-0.39, 0.29) is 16.9 Å². The number of aromatic nitrogens is 1. The van der Waals surface area contributed by atoms with Crippen LogP contribution in [0.3, 0.4) is 0 Å². The highest BCUT2D eigenvalue weighted by Gasteiger charge is 2.32. The van der Waals surface area contributed by atoms with Crippen LogP contribution >= 0.6 is 0 Å². The molecule has 0 spiro atoms. The van der Waals surface area contributed by atoms with E-state index in [1.165, 1.54) is 18.2 Å². The Labute approximate surface area is 164 Å². The summed E-state index contributed by atoms with van der Waals surface area (Å²) >= 11 is 0. The highest BCUT2D eigenvalue weighted by Crippen LogP contribution is 2.27. The summed E-state index contributed by atoms with van der Waals surface area (Å²) in [4.78, 5) is 6.24. The van der Waals surface area contributed by atoms with Gasteiger partial charge in [0.25, 0.3) is 0 Å². The van der Waals surface area contributed by atoms with Crippen molar-refractivity contribution >= 4 is 15.5 Å². The summed E-state index contributed by atoms with van der Waals surface area (Å²) < 4.78 is 56.4. The van der Waals surface area contributed by atoms with Gasteiger partial charge in [-0.1, -0.05) is 0 Å². The predicted octanol–water partition coefficient (Wildman–Crippen LogP) is 3.98. The van der Waals surface area contributed by atoms with E-state index in [1.807, 2.05) is 0 Å². The summed E-state index contributed by atoms with van der Waals surface area (Å²) in [6, 6.07) is 6.57. The lowest BCUT2D eigenvalue weighted by Crippen LogP contribution is -2.38. The van der Waals surface area contributed by atoms with Gasteiger partial charge in [0.2, 0.25) is 0 Å². The zero-order chi connectivity index (χ0) is 20.5. The maximum atomic E-state index is 13.7. The number of rotatable bonds is 4. The molecule has 0 bridgehead atoms. The van der Waals surface area contributed by atoms with Crippen LogP contribution in [-0.4, -0.2) is 37.3 Å². The molecule has 0 N–H and O–H groups in total. The van der Waals surface area contributed by atoms with Gasteiger partial charge in [0.15, 0.2) is 26.4 Å². The summed E-state index contributed by atoms with van der Waals surface area (Å²) in [5, 5.41) is 0.0637. The normalized spacial score (nSPS) is 16.2. The quantitative estimate of drug-likeness (QED) is 0.763. The van der Waals surface area contributed by atoms with E-state index in [9.17, 15) is 17.2 Å². The molecule has 0 unspecified atom stereocenters. The fraction of sp³-hybridized carbons (Fsp3) is 0.450. The molecule has 2 aromatic rings. The Morgan fingerprint density at radius 1 is 1.11 bits per heavy atom. The van der Waals surface area contributed by atoms with Gasteiger partial charge < -0.3 is 9.64 Å². The molecule has 1 saturated heterocycles. The molecule has 2 heterocycles. The van der Waals surface area contributed by atoms with Gasteiger partial charge in [0.1, 0.15) is 11.9 Å². The predicted molar refractivity (Wildman–Crippen MR) is 103 cm³/mol. The van der Waals surface area contributed by atoms with E-state index >= 15 is 0 Å². The molecule has 0 radical (unpaired) electrons. The molecule has 1 fully saturated rings. The van der Waals surface area contributed by atoms with Crippen LogP contribution in [0.15, 0.2) is 41.6 Å². The number of hydrogen-bond donors (Lipinski definition) is 0. The summed E-state index contributed by atoms with van der Waals surface area (Å²) in [6.07, 6.45) is 2.74. The molecule has 1 aliphatic heterocycles. The molecular formula is C20H24F2N2O3S. The third kappa shape index (κ3) is 4.27. The van der Waals surface area contributed by atoms with E-state index in [0.717, 1.165) is 11.8 Å². The number of piperidine rings is 1. The lowest BCUT2D eigenvalue weighted by atomic mass is 10.1. The minimum absolute atomic E-state index is 0.0539. The van der Waals surface area contributed by atoms with Gasteiger partial charge in [-0.3, -0.25) is 0 Å². The SMILES string of the molecule is CC(C)(C)S(=O)(=O)c1ccc(N2CCC(Oc3ccc(F)cc3F)CC2)cn1. The van der Waals surface area contributed by atoms with Crippen molar-refractivity contribution in [3.63, 3.8) is 0 Å². The Bertz CT molecular complexity index is 933. The Balaban J connectivity index is 1.62. The Morgan fingerprint density at radius 3 is 2.32 bits per heavy atom. The zero-order valence-corrected chi connectivity index (χ0v) is 17.0. The fourth-order valence-corrected chi connectivity index (χ4v) is 4.08. The minimum Gasteiger partial charge on any atom is -0.487 e. The Kier molecular flexibility index (Phi) is 5.61. The molecule has 0 aliphatic carbocycles. The maximum absolute atomic E-state index is 13.7. The van der Waals surface area contributed by atoms with Crippen LogP contribution in [0.1, 0.15) is 33.6 Å². The van der Waals surface area contributed by atoms with E-state index in [2.05, 4.69) is 9.88 Å². The number of sulfone groups is 1. The smallest absolute Gasteiger partial charge is 0.200 e. The zero-order valence-electron chi connectivity index (χ0n) is 16.2. The van der Waals surface area contributed by atoms with Crippen LogP contribution in [0.25, 0.3) is 0 Å². The number of pyridine rings is 1. The second-order valence-electron chi connectivity index (χ2n) is 7.85. The van der Waals surface area contributed by atoms with E-state index < -0.39 is 26.2 Å². The van der Waals surface area contributed by atoms with Crippen molar-refractivity contribution in [3.05, 3.63) is 48.2 Å². The number of benzene rings is 1. The molecule has 0 saturated carbocycles. The van der Waals surface area contributed by atoms with Gasteiger partial charge in [0.05, 0.1) is 16.6 Å². The second kappa shape index (κ2) is 7.66. The summed E-state index contributed by atoms with van der Waals surface area (Å²) in [6.45, 7) is 6.27. The number of anilines is 1. The Hall–Kier alpha value is -2.22. The first-order valence-corrected chi connectivity index (χ1v) is 10.6. The van der Waals surface area contributed by atoms with E-state index in [4.69, 9.17) is 4.74 Å². The molecule has 152 valence electrons. The number of ether oxygens (including phenoxy) is 1. The number of nitrogens with zero attached hydrogens (tertiary/aromatic N) is 2. The van der Waals surface area contributed by atoms with Gasteiger partial charge in [-0.15, -0.1) is 0 Å². The maximum Gasteiger partial charge on any atom is 0.200 e. The van der Waals surface area contributed by atoms with E-state index in [0.29, 0.717) is 25.9 Å². The highest BCUT2D eigenvalue weighted by molar-refractivity contribution is 7.92. The van der Waals surface area contributed by atoms with Crippen LogP contribution in [0.2, 0.25) is 0 Å². The van der Waals surface area contributed by atoms with E-state index in [1.54, 1.807) is 33.0 Å². The second-order valence-corrected chi connectivity index (χ2v) is 10.5. The van der Waals surface area contributed by atoms with Crippen molar-refractivity contribution in [1.29, 1.82) is 0 Å². The highest BCUT2D eigenvalue weighted by atomic mass is 32.2. The van der Waals surface area contributed by atoms with Crippen molar-refractivity contribution in [2.75, 3.05) is 18.0 Å². The van der Waals surface area contributed by atoms with Crippen molar-refractivity contribution in [3.8, 4) is 5.75 Å². The summed E-state index contributed by atoms with van der Waals surface area (Å²) in [7, 11) is -3.49.